The number of esters is 1. The molecule has 53 heavy (non-hydrogen) atoms. The van der Waals surface area contributed by atoms with E-state index >= 15 is 0 Å². The van der Waals surface area contributed by atoms with Crippen molar-refractivity contribution in [3.8, 4) is 11.1 Å². The molecule has 0 radical (unpaired) electrons. The lowest BCUT2D eigenvalue weighted by molar-refractivity contribution is -0.0638. The minimum absolute atomic E-state index is 0.183. The van der Waals surface area contributed by atoms with Gasteiger partial charge in [-0.15, -0.1) is 0 Å². The summed E-state index contributed by atoms with van der Waals surface area (Å²) in [5.41, 5.74) is 7.23. The summed E-state index contributed by atoms with van der Waals surface area (Å²) < 4.78 is 9.24. The van der Waals surface area contributed by atoms with Crippen LogP contribution < -0.4 is 10.2 Å². The van der Waals surface area contributed by atoms with E-state index in [0.29, 0.717) is 40.7 Å². The summed E-state index contributed by atoms with van der Waals surface area (Å²) in [6.07, 6.45) is 8.95. The lowest BCUT2D eigenvalue weighted by atomic mass is 9.49. The summed E-state index contributed by atoms with van der Waals surface area (Å²) in [5.74, 6) is 2.67. The van der Waals surface area contributed by atoms with E-state index in [1.54, 1.807) is 0 Å². The fourth-order valence-electron chi connectivity index (χ4n) is 10.4. The smallest absolute Gasteiger partial charge is 0.358 e. The highest BCUT2D eigenvalue weighted by molar-refractivity contribution is 7.22. The number of anilines is 2. The van der Waals surface area contributed by atoms with Crippen molar-refractivity contribution < 1.29 is 14.3 Å². The number of fused-ring (bicyclic) bond motifs is 2. The quantitative estimate of drug-likeness (QED) is 0.167. The molecule has 10 heteroatoms. The summed E-state index contributed by atoms with van der Waals surface area (Å²) in [7, 11) is 0. The number of nitrogens with one attached hydrogen (secondary N) is 1. The van der Waals surface area contributed by atoms with Crippen LogP contribution >= 0.6 is 11.3 Å². The number of pyridine rings is 1. The third-order valence-corrected chi connectivity index (χ3v) is 13.1. The Hall–Kier alpha value is -4.57. The number of amides is 1. The molecule has 5 aromatic rings. The van der Waals surface area contributed by atoms with Crippen molar-refractivity contribution in [1.82, 2.24) is 19.7 Å². The first-order valence-electron chi connectivity index (χ1n) is 19.2. The molecule has 4 saturated carbocycles. The molecule has 0 atom stereocenters. The number of carbonyl (C=O) groups excluding carboxylic acids is 2. The number of nitrogens with zero attached hydrogens (tertiary/aromatic N) is 5. The van der Waals surface area contributed by atoms with Gasteiger partial charge < -0.3 is 9.64 Å². The predicted octanol–water partition coefficient (Wildman–Crippen LogP) is 9.16. The first-order valence-corrected chi connectivity index (χ1v) is 20.0. The summed E-state index contributed by atoms with van der Waals surface area (Å²) in [6.45, 7) is 12.0. The van der Waals surface area contributed by atoms with E-state index in [1.807, 2.05) is 76.2 Å². The fraction of sp³-hybridized carbons (Fsp3) is 0.465. The van der Waals surface area contributed by atoms with Gasteiger partial charge in [0.2, 0.25) is 0 Å². The molecular formula is C43H48N6O3S. The normalized spacial score (nSPS) is 23.3. The third kappa shape index (κ3) is 6.43. The molecule has 5 aliphatic rings. The third-order valence-electron chi connectivity index (χ3n) is 12.1. The maximum absolute atomic E-state index is 14.0. The van der Waals surface area contributed by atoms with Crippen molar-refractivity contribution in [2.45, 2.75) is 98.3 Å². The molecule has 0 saturated heterocycles. The first kappa shape index (κ1) is 34.2. The molecule has 0 unspecified atom stereocenters. The van der Waals surface area contributed by atoms with Crippen LogP contribution in [0, 0.1) is 37.0 Å². The highest BCUT2D eigenvalue weighted by Crippen LogP contribution is 2.60. The van der Waals surface area contributed by atoms with Crippen LogP contribution in [0.2, 0.25) is 0 Å². The van der Waals surface area contributed by atoms with Crippen molar-refractivity contribution in [3.05, 3.63) is 88.4 Å². The van der Waals surface area contributed by atoms with Gasteiger partial charge in [0.1, 0.15) is 11.4 Å². The number of benzene rings is 2. The van der Waals surface area contributed by atoms with Crippen LogP contribution in [-0.4, -0.2) is 43.8 Å². The number of hydrogen-bond donors (Lipinski definition) is 1. The molecule has 274 valence electrons. The van der Waals surface area contributed by atoms with Gasteiger partial charge in [-0.05, 0) is 144 Å². The number of rotatable bonds is 7. The highest BCUT2D eigenvalue weighted by Gasteiger charge is 2.51. The van der Waals surface area contributed by atoms with Crippen LogP contribution in [0.4, 0.5) is 10.9 Å². The standard InChI is InChI=1S/C43H48N6O3S/c1-25-37(26(2)49(47-25)24-43-20-27-17-28(21-43)19-29(18-27)22-43)32-13-14-36(45-38(32)40(51)52-42(3,4)5)48-16-15-30-9-8-10-31(33(30)23-48)39(50)46-41-44-34-11-6-7-12-35(34)53-41/h6-14,27-29H,15-24H2,1-5H3,(H,44,46,50). The van der Waals surface area contributed by atoms with Crippen LogP contribution in [0.25, 0.3) is 21.3 Å². The highest BCUT2D eigenvalue weighted by atomic mass is 32.1. The van der Waals surface area contributed by atoms with E-state index in [1.165, 1.54) is 49.9 Å². The Labute approximate surface area is 315 Å². The second-order valence-electron chi connectivity index (χ2n) is 17.2. The minimum Gasteiger partial charge on any atom is -0.455 e. The zero-order valence-corrected chi connectivity index (χ0v) is 32.2. The number of aryl methyl sites for hydroxylation is 1. The lowest BCUT2D eigenvalue weighted by Crippen LogP contribution is -2.48. The lowest BCUT2D eigenvalue weighted by Gasteiger charge is -2.56. The molecule has 10 rings (SSSR count). The van der Waals surface area contributed by atoms with Gasteiger partial charge in [-0.25, -0.2) is 14.8 Å². The summed E-state index contributed by atoms with van der Waals surface area (Å²) in [4.78, 5) is 39.6. The Morgan fingerprint density at radius 2 is 1.68 bits per heavy atom. The van der Waals surface area contributed by atoms with Crippen LogP contribution in [0.5, 0.6) is 0 Å². The van der Waals surface area contributed by atoms with Crippen LogP contribution in [0.3, 0.4) is 0 Å². The Kier molecular flexibility index (Phi) is 8.25. The molecule has 4 aliphatic carbocycles. The SMILES string of the molecule is Cc1nn(CC23CC4CC(CC(C4)C2)C3)c(C)c1-c1ccc(N2CCc3cccc(C(=O)Nc4nc5ccccc5s4)c3C2)nc1C(=O)OC(C)(C)C. The van der Waals surface area contributed by atoms with Gasteiger partial charge in [0.25, 0.3) is 5.91 Å². The van der Waals surface area contributed by atoms with Crippen molar-refractivity contribution in [2.24, 2.45) is 23.2 Å². The van der Waals surface area contributed by atoms with Crippen molar-refractivity contribution >= 4 is 44.4 Å². The van der Waals surface area contributed by atoms with Gasteiger partial charge in [-0.1, -0.05) is 35.6 Å². The molecule has 4 bridgehead atoms. The van der Waals surface area contributed by atoms with Gasteiger partial charge >= 0.3 is 5.97 Å². The average Bonchev–Trinajstić information content (AvgIpc) is 3.63. The molecule has 1 aliphatic heterocycles. The fourth-order valence-corrected chi connectivity index (χ4v) is 11.3. The van der Waals surface area contributed by atoms with E-state index in [0.717, 1.165) is 74.6 Å². The van der Waals surface area contributed by atoms with Gasteiger partial charge in [0.05, 0.1) is 15.9 Å². The molecule has 1 N–H and O–H groups in total. The topological polar surface area (TPSA) is 102 Å². The Bertz CT molecular complexity index is 2200. The van der Waals surface area contributed by atoms with Gasteiger partial charge in [-0.2, -0.15) is 5.10 Å². The summed E-state index contributed by atoms with van der Waals surface area (Å²) in [6, 6.07) is 17.8. The molecule has 0 spiro atoms. The second-order valence-corrected chi connectivity index (χ2v) is 18.3. The number of para-hydroxylation sites is 1. The number of carbonyl (C=O) groups is 2. The molecule has 2 aromatic carbocycles. The van der Waals surface area contributed by atoms with Gasteiger partial charge in [0, 0.05) is 42.0 Å². The van der Waals surface area contributed by atoms with E-state index in [9.17, 15) is 9.59 Å². The number of hydrogen-bond acceptors (Lipinski definition) is 8. The Morgan fingerprint density at radius 1 is 0.943 bits per heavy atom. The van der Waals surface area contributed by atoms with Crippen molar-refractivity contribution in [2.75, 3.05) is 16.8 Å². The van der Waals surface area contributed by atoms with E-state index in [2.05, 4.69) is 32.9 Å². The Balaban J connectivity index is 1.02. The van der Waals surface area contributed by atoms with Gasteiger partial charge in [-0.3, -0.25) is 14.8 Å². The van der Waals surface area contributed by atoms with Crippen LogP contribution in [-0.2, 0) is 24.2 Å². The monoisotopic (exact) mass is 728 g/mol. The predicted molar refractivity (Wildman–Crippen MR) is 209 cm³/mol. The van der Waals surface area contributed by atoms with Crippen LogP contribution in [0.15, 0.2) is 54.6 Å². The Morgan fingerprint density at radius 3 is 2.40 bits per heavy atom. The maximum Gasteiger partial charge on any atom is 0.358 e. The minimum atomic E-state index is -0.686. The average molecular weight is 729 g/mol. The summed E-state index contributed by atoms with van der Waals surface area (Å²) >= 11 is 1.47. The number of aromatic nitrogens is 4. The largest absolute Gasteiger partial charge is 0.455 e. The van der Waals surface area contributed by atoms with E-state index in [4.69, 9.17) is 14.8 Å². The first-order chi connectivity index (χ1) is 25.4. The van der Waals surface area contributed by atoms with Crippen LogP contribution in [0.1, 0.15) is 103 Å². The van der Waals surface area contributed by atoms with E-state index in [-0.39, 0.29) is 5.91 Å². The molecular weight excluding hydrogens is 681 g/mol. The zero-order chi connectivity index (χ0) is 36.6. The molecule has 3 aromatic heterocycles. The molecule has 1 amide bonds. The number of thiazole rings is 1. The van der Waals surface area contributed by atoms with Crippen molar-refractivity contribution in [3.63, 3.8) is 0 Å². The second kappa shape index (κ2) is 12.8. The van der Waals surface area contributed by atoms with Gasteiger partial charge in [0.15, 0.2) is 10.8 Å². The van der Waals surface area contributed by atoms with Crippen molar-refractivity contribution in [1.29, 1.82) is 0 Å². The molecule has 9 nitrogen and oxygen atoms in total. The van der Waals surface area contributed by atoms with E-state index < -0.39 is 11.6 Å². The summed E-state index contributed by atoms with van der Waals surface area (Å²) in [5, 5.41) is 8.75. The molecule has 4 fully saturated rings. The molecule has 4 heterocycles. The zero-order valence-electron chi connectivity index (χ0n) is 31.4. The maximum atomic E-state index is 14.0. The number of ether oxygens (including phenoxy) is 1.